The Bertz CT molecular complexity index is 731. The van der Waals surface area contributed by atoms with Crippen LogP contribution in [0.4, 0.5) is 5.69 Å². The summed E-state index contributed by atoms with van der Waals surface area (Å²) in [6.45, 7) is 0.0659. The molecule has 0 aliphatic rings. The quantitative estimate of drug-likeness (QED) is 0.379. The summed E-state index contributed by atoms with van der Waals surface area (Å²) in [5.41, 5.74) is 1.37. The summed E-state index contributed by atoms with van der Waals surface area (Å²) in [6.07, 6.45) is -1.44. The molecule has 7 nitrogen and oxygen atoms in total. The summed E-state index contributed by atoms with van der Waals surface area (Å²) >= 11 is 5.20. The van der Waals surface area contributed by atoms with Gasteiger partial charge in [0.2, 0.25) is 0 Å². The van der Waals surface area contributed by atoms with Crippen molar-refractivity contribution in [3.05, 3.63) is 66.2 Å². The van der Waals surface area contributed by atoms with Crippen LogP contribution in [0.5, 0.6) is 0 Å². The van der Waals surface area contributed by atoms with Crippen LogP contribution in [0.15, 0.2) is 60.7 Å². The predicted molar refractivity (Wildman–Crippen MR) is 112 cm³/mol. The van der Waals surface area contributed by atoms with Crippen LogP contribution in [0.3, 0.4) is 0 Å². The van der Waals surface area contributed by atoms with Gasteiger partial charge in [-0.05, 0) is 36.5 Å². The molecule has 2 rings (SSSR count). The standard InChI is InChI=1S/C20H25N3O4S/c24-13-18(12-22-20(28)23-16-9-5-2-6-10-16)27-14-17(25)11-21-19(26)15-7-3-1-4-8-15/h1-10,17-18,24-25H,11-14H2,(H,21,26)(H2,22,23,28)/t17-,18+/m0/s1. The van der Waals surface area contributed by atoms with Gasteiger partial charge in [-0.25, -0.2) is 0 Å². The lowest BCUT2D eigenvalue weighted by Crippen LogP contribution is -2.40. The molecule has 2 aromatic rings. The van der Waals surface area contributed by atoms with Crippen LogP contribution in [0, 0.1) is 0 Å². The largest absolute Gasteiger partial charge is 0.394 e. The second-order valence-corrected chi connectivity index (χ2v) is 6.48. The SMILES string of the molecule is O=C(NC[C@H](O)CO[C@@H](CO)CNC(=S)Nc1ccccc1)c1ccccc1. The van der Waals surface area contributed by atoms with Crippen LogP contribution >= 0.6 is 12.2 Å². The lowest BCUT2D eigenvalue weighted by Gasteiger charge is -2.20. The number of aliphatic hydroxyl groups is 2. The van der Waals surface area contributed by atoms with E-state index in [-0.39, 0.29) is 32.2 Å². The Morgan fingerprint density at radius 2 is 1.64 bits per heavy atom. The second-order valence-electron chi connectivity index (χ2n) is 6.07. The highest BCUT2D eigenvalue weighted by Gasteiger charge is 2.13. The first kappa shape index (κ1) is 21.8. The number of aliphatic hydroxyl groups excluding tert-OH is 2. The zero-order chi connectivity index (χ0) is 20.2. The zero-order valence-corrected chi connectivity index (χ0v) is 16.2. The zero-order valence-electron chi connectivity index (χ0n) is 15.4. The first-order valence-electron chi connectivity index (χ1n) is 8.92. The summed E-state index contributed by atoms with van der Waals surface area (Å²) in [5, 5.41) is 28.4. The van der Waals surface area contributed by atoms with Gasteiger partial charge in [0.15, 0.2) is 5.11 Å². The molecular formula is C20H25N3O4S. The molecule has 0 aromatic heterocycles. The van der Waals surface area contributed by atoms with Gasteiger partial charge >= 0.3 is 0 Å². The van der Waals surface area contributed by atoms with Crippen molar-refractivity contribution in [3.8, 4) is 0 Å². The van der Waals surface area contributed by atoms with Gasteiger partial charge < -0.3 is 30.9 Å². The highest BCUT2D eigenvalue weighted by molar-refractivity contribution is 7.80. The molecular weight excluding hydrogens is 378 g/mol. The summed E-state index contributed by atoms with van der Waals surface area (Å²) in [6, 6.07) is 18.2. The monoisotopic (exact) mass is 403 g/mol. The molecule has 0 spiro atoms. The average Bonchev–Trinajstić information content (AvgIpc) is 2.73. The van der Waals surface area contributed by atoms with E-state index in [9.17, 15) is 15.0 Å². The number of thiocarbonyl (C=S) groups is 1. The number of nitrogens with one attached hydrogen (secondary N) is 3. The molecule has 0 fully saturated rings. The Morgan fingerprint density at radius 1 is 1.00 bits per heavy atom. The van der Waals surface area contributed by atoms with Gasteiger partial charge in [0.1, 0.15) is 0 Å². The maximum atomic E-state index is 11.9. The van der Waals surface area contributed by atoms with Crippen molar-refractivity contribution >= 4 is 28.9 Å². The fraction of sp³-hybridized carbons (Fsp3) is 0.300. The van der Waals surface area contributed by atoms with E-state index in [4.69, 9.17) is 17.0 Å². The molecule has 2 atom stereocenters. The summed E-state index contributed by atoms with van der Waals surface area (Å²) in [7, 11) is 0. The van der Waals surface area contributed by atoms with Crippen molar-refractivity contribution in [2.24, 2.45) is 0 Å². The Morgan fingerprint density at radius 3 is 2.29 bits per heavy atom. The Hall–Kier alpha value is -2.52. The number of ether oxygens (including phenoxy) is 1. The van der Waals surface area contributed by atoms with Crippen molar-refractivity contribution in [3.63, 3.8) is 0 Å². The van der Waals surface area contributed by atoms with E-state index in [0.717, 1.165) is 5.69 Å². The second kappa shape index (κ2) is 12.0. The molecule has 0 radical (unpaired) electrons. The Labute approximate surface area is 169 Å². The van der Waals surface area contributed by atoms with Crippen molar-refractivity contribution in [1.29, 1.82) is 0 Å². The molecule has 0 bridgehead atoms. The average molecular weight is 404 g/mol. The molecule has 0 aliphatic carbocycles. The van der Waals surface area contributed by atoms with Gasteiger partial charge in [-0.2, -0.15) is 0 Å². The highest BCUT2D eigenvalue weighted by Crippen LogP contribution is 2.04. The lowest BCUT2D eigenvalue weighted by atomic mass is 10.2. The maximum Gasteiger partial charge on any atom is 0.251 e. The first-order valence-corrected chi connectivity index (χ1v) is 9.33. The van der Waals surface area contributed by atoms with Gasteiger partial charge in [-0.1, -0.05) is 36.4 Å². The Balaban J connectivity index is 1.65. The summed E-state index contributed by atoms with van der Waals surface area (Å²) in [4.78, 5) is 11.9. The molecule has 0 saturated heterocycles. The van der Waals surface area contributed by atoms with Gasteiger partial charge in [-0.3, -0.25) is 4.79 Å². The number of para-hydroxylation sites is 1. The number of rotatable bonds is 10. The molecule has 0 aliphatic heterocycles. The molecule has 8 heteroatoms. The van der Waals surface area contributed by atoms with Crippen LogP contribution < -0.4 is 16.0 Å². The molecule has 28 heavy (non-hydrogen) atoms. The van der Waals surface area contributed by atoms with Crippen LogP contribution in [0.2, 0.25) is 0 Å². The minimum Gasteiger partial charge on any atom is -0.394 e. The van der Waals surface area contributed by atoms with Gasteiger partial charge in [-0.15, -0.1) is 0 Å². The normalized spacial score (nSPS) is 12.6. The molecule has 5 N–H and O–H groups in total. The molecule has 0 heterocycles. The third-order valence-corrected chi connectivity index (χ3v) is 4.03. The van der Waals surface area contributed by atoms with Crippen molar-refractivity contribution < 1.29 is 19.7 Å². The fourth-order valence-corrected chi connectivity index (χ4v) is 2.49. The van der Waals surface area contributed by atoms with Crippen LogP contribution in [-0.2, 0) is 4.74 Å². The molecule has 150 valence electrons. The number of hydrogen-bond donors (Lipinski definition) is 5. The van der Waals surface area contributed by atoms with Gasteiger partial charge in [0, 0.05) is 24.3 Å². The van der Waals surface area contributed by atoms with Crippen LogP contribution in [-0.4, -0.2) is 59.7 Å². The van der Waals surface area contributed by atoms with Gasteiger partial charge in [0.25, 0.3) is 5.91 Å². The smallest absolute Gasteiger partial charge is 0.251 e. The molecule has 2 aromatic carbocycles. The minimum atomic E-state index is -0.892. The summed E-state index contributed by atoms with van der Waals surface area (Å²) < 4.78 is 5.49. The predicted octanol–water partition coefficient (Wildman–Crippen LogP) is 1.14. The maximum absolute atomic E-state index is 11.9. The fourth-order valence-electron chi connectivity index (χ4n) is 2.29. The van der Waals surface area contributed by atoms with Crippen molar-refractivity contribution in [2.75, 3.05) is 31.6 Å². The van der Waals surface area contributed by atoms with E-state index in [0.29, 0.717) is 10.7 Å². The Kier molecular flexibility index (Phi) is 9.36. The van der Waals surface area contributed by atoms with E-state index >= 15 is 0 Å². The topological polar surface area (TPSA) is 103 Å². The van der Waals surface area contributed by atoms with Crippen LogP contribution in [0.1, 0.15) is 10.4 Å². The lowest BCUT2D eigenvalue weighted by molar-refractivity contribution is -0.0279. The van der Waals surface area contributed by atoms with E-state index < -0.39 is 12.2 Å². The molecule has 1 amide bonds. The van der Waals surface area contributed by atoms with Gasteiger partial charge in [0.05, 0.1) is 25.4 Å². The van der Waals surface area contributed by atoms with E-state index in [1.807, 2.05) is 36.4 Å². The van der Waals surface area contributed by atoms with Crippen LogP contribution in [0.25, 0.3) is 0 Å². The third kappa shape index (κ3) is 8.01. The number of carbonyl (C=O) groups is 1. The molecule has 0 saturated carbocycles. The number of anilines is 1. The highest BCUT2D eigenvalue weighted by atomic mass is 32.1. The number of amides is 1. The minimum absolute atomic E-state index is 0.0269. The third-order valence-electron chi connectivity index (χ3n) is 3.78. The number of hydrogen-bond acceptors (Lipinski definition) is 5. The summed E-state index contributed by atoms with van der Waals surface area (Å²) in [5.74, 6) is -0.266. The first-order chi connectivity index (χ1) is 13.6. The van der Waals surface area contributed by atoms with E-state index in [1.54, 1.807) is 24.3 Å². The number of carbonyl (C=O) groups excluding carboxylic acids is 1. The van der Waals surface area contributed by atoms with E-state index in [1.165, 1.54) is 0 Å². The van der Waals surface area contributed by atoms with Crippen molar-refractivity contribution in [2.45, 2.75) is 12.2 Å². The van der Waals surface area contributed by atoms with E-state index in [2.05, 4.69) is 16.0 Å². The van der Waals surface area contributed by atoms with Crippen molar-refractivity contribution in [1.82, 2.24) is 10.6 Å². The number of benzene rings is 2. The molecule has 0 unspecified atom stereocenters.